The van der Waals surface area contributed by atoms with Crippen LogP contribution in [0.3, 0.4) is 0 Å². The number of anilines is 1. The molecule has 2 rings (SSSR count). The molecule has 0 aliphatic carbocycles. The Morgan fingerprint density at radius 2 is 2.06 bits per heavy atom. The van der Waals surface area contributed by atoms with Gasteiger partial charge in [0.25, 0.3) is 0 Å². The maximum Gasteiger partial charge on any atom is 0.128 e. The van der Waals surface area contributed by atoms with Gasteiger partial charge in [0, 0.05) is 32.4 Å². The minimum absolute atomic E-state index is 0.423. The lowest BCUT2D eigenvalue weighted by Crippen LogP contribution is -2.46. The van der Waals surface area contributed by atoms with Gasteiger partial charge in [-0.15, -0.1) is 0 Å². The van der Waals surface area contributed by atoms with Gasteiger partial charge in [0.05, 0.1) is 6.10 Å². The summed E-state index contributed by atoms with van der Waals surface area (Å²) in [6, 6.07) is 3.88. The first-order chi connectivity index (χ1) is 8.70. The number of piperazine rings is 1. The van der Waals surface area contributed by atoms with Gasteiger partial charge in [-0.3, -0.25) is 4.90 Å². The van der Waals surface area contributed by atoms with Crippen molar-refractivity contribution in [2.45, 2.75) is 26.4 Å². The molecule has 0 radical (unpaired) electrons. The lowest BCUT2D eigenvalue weighted by Gasteiger charge is -2.35. The third-order valence-corrected chi connectivity index (χ3v) is 3.49. The second-order valence-corrected chi connectivity index (χ2v) is 4.95. The average Bonchev–Trinajstić information content (AvgIpc) is 2.40. The van der Waals surface area contributed by atoms with Crippen molar-refractivity contribution in [2.75, 3.05) is 37.6 Å². The van der Waals surface area contributed by atoms with E-state index in [0.717, 1.165) is 37.6 Å². The molecule has 1 aliphatic rings. The van der Waals surface area contributed by atoms with Crippen LogP contribution in [0.25, 0.3) is 0 Å². The molecule has 0 bridgehead atoms. The number of hydrogen-bond donors (Lipinski definition) is 1. The Kier molecular flexibility index (Phi) is 4.55. The smallest absolute Gasteiger partial charge is 0.128 e. The van der Waals surface area contributed by atoms with E-state index in [4.69, 9.17) is 0 Å². The van der Waals surface area contributed by atoms with Crippen LogP contribution in [0.5, 0.6) is 0 Å². The van der Waals surface area contributed by atoms with E-state index in [-0.39, 0.29) is 0 Å². The Labute approximate surface area is 109 Å². The van der Waals surface area contributed by atoms with E-state index >= 15 is 0 Å². The van der Waals surface area contributed by atoms with E-state index in [1.807, 2.05) is 12.1 Å². The second kappa shape index (κ2) is 6.16. The van der Waals surface area contributed by atoms with Crippen molar-refractivity contribution in [3.8, 4) is 0 Å². The molecule has 0 saturated carbocycles. The largest absolute Gasteiger partial charge is 0.389 e. The Balaban J connectivity index is 1.98. The number of rotatable bonds is 4. The fraction of sp³-hybridized carbons (Fsp3) is 0.643. The molecule has 0 unspecified atom stereocenters. The van der Waals surface area contributed by atoms with Crippen LogP contribution in [0.1, 0.15) is 31.9 Å². The van der Waals surface area contributed by atoms with Gasteiger partial charge in [-0.1, -0.05) is 6.92 Å². The van der Waals surface area contributed by atoms with Gasteiger partial charge in [-0.2, -0.15) is 0 Å². The highest BCUT2D eigenvalue weighted by Crippen LogP contribution is 2.19. The summed E-state index contributed by atoms with van der Waals surface area (Å²) in [4.78, 5) is 9.21. The first-order valence-corrected chi connectivity index (χ1v) is 6.82. The molecule has 0 amide bonds. The Hall–Kier alpha value is -1.13. The number of aliphatic hydroxyl groups excluding tert-OH is 1. The molecule has 1 aromatic rings. The first-order valence-electron chi connectivity index (χ1n) is 6.82. The minimum Gasteiger partial charge on any atom is -0.389 e. The van der Waals surface area contributed by atoms with Crippen LogP contribution < -0.4 is 4.90 Å². The van der Waals surface area contributed by atoms with Crippen LogP contribution in [0.4, 0.5) is 5.82 Å². The summed E-state index contributed by atoms with van der Waals surface area (Å²) in [5.74, 6) is 0.990. The van der Waals surface area contributed by atoms with Crippen molar-refractivity contribution >= 4 is 5.82 Å². The molecular weight excluding hydrogens is 226 g/mol. The summed E-state index contributed by atoms with van der Waals surface area (Å²) in [6.07, 6.45) is 2.58. The van der Waals surface area contributed by atoms with E-state index in [2.05, 4.69) is 21.7 Å². The van der Waals surface area contributed by atoms with Crippen molar-refractivity contribution in [3.05, 3.63) is 23.9 Å². The van der Waals surface area contributed by atoms with Crippen molar-refractivity contribution in [2.24, 2.45) is 0 Å². The van der Waals surface area contributed by atoms with E-state index in [1.165, 1.54) is 13.0 Å². The third kappa shape index (κ3) is 3.21. The Morgan fingerprint density at radius 1 is 1.33 bits per heavy atom. The van der Waals surface area contributed by atoms with Crippen molar-refractivity contribution < 1.29 is 5.11 Å². The molecule has 100 valence electrons. The van der Waals surface area contributed by atoms with Gasteiger partial charge in [0.2, 0.25) is 0 Å². The van der Waals surface area contributed by atoms with Crippen molar-refractivity contribution in [1.29, 1.82) is 0 Å². The third-order valence-electron chi connectivity index (χ3n) is 3.49. The predicted molar refractivity (Wildman–Crippen MR) is 73.8 cm³/mol. The van der Waals surface area contributed by atoms with Gasteiger partial charge in [0.1, 0.15) is 5.82 Å². The molecule has 0 spiro atoms. The summed E-state index contributed by atoms with van der Waals surface area (Å²) in [5.41, 5.74) is 0.941. The number of aliphatic hydroxyl groups is 1. The molecule has 1 atom stereocenters. The summed E-state index contributed by atoms with van der Waals surface area (Å²) in [6.45, 7) is 9.46. The molecule has 4 nitrogen and oxygen atoms in total. The second-order valence-electron chi connectivity index (χ2n) is 4.95. The summed E-state index contributed by atoms with van der Waals surface area (Å²) in [5, 5.41) is 9.60. The van der Waals surface area contributed by atoms with Crippen LogP contribution in [-0.4, -0.2) is 47.7 Å². The molecule has 1 fully saturated rings. The normalized spacial score (nSPS) is 18.9. The maximum absolute atomic E-state index is 9.60. The zero-order chi connectivity index (χ0) is 13.0. The fourth-order valence-electron chi connectivity index (χ4n) is 2.38. The average molecular weight is 249 g/mol. The number of nitrogens with zero attached hydrogens (tertiary/aromatic N) is 3. The van der Waals surface area contributed by atoms with Crippen LogP contribution in [0.2, 0.25) is 0 Å². The topological polar surface area (TPSA) is 39.6 Å². The number of hydrogen-bond acceptors (Lipinski definition) is 4. The Morgan fingerprint density at radius 3 is 2.67 bits per heavy atom. The SMILES string of the molecule is CCCN1CCN(c2cc([C@@H](C)O)ccn2)CC1. The molecule has 18 heavy (non-hydrogen) atoms. The van der Waals surface area contributed by atoms with Gasteiger partial charge in [0.15, 0.2) is 0 Å². The maximum atomic E-state index is 9.60. The number of aromatic nitrogens is 1. The minimum atomic E-state index is -0.423. The van der Waals surface area contributed by atoms with Crippen LogP contribution in [-0.2, 0) is 0 Å². The zero-order valence-electron chi connectivity index (χ0n) is 11.3. The van der Waals surface area contributed by atoms with E-state index in [9.17, 15) is 5.11 Å². The van der Waals surface area contributed by atoms with Crippen LogP contribution >= 0.6 is 0 Å². The predicted octanol–water partition coefficient (Wildman–Crippen LogP) is 1.67. The lowest BCUT2D eigenvalue weighted by molar-refractivity contribution is 0.199. The molecule has 1 aliphatic heterocycles. The van der Waals surface area contributed by atoms with Crippen molar-refractivity contribution in [3.63, 3.8) is 0 Å². The highest BCUT2D eigenvalue weighted by Gasteiger charge is 2.17. The molecule has 1 aromatic heterocycles. The number of pyridine rings is 1. The van der Waals surface area contributed by atoms with Crippen LogP contribution in [0, 0.1) is 0 Å². The highest BCUT2D eigenvalue weighted by molar-refractivity contribution is 5.42. The molecule has 1 saturated heterocycles. The fourth-order valence-corrected chi connectivity index (χ4v) is 2.38. The molecule has 1 N–H and O–H groups in total. The molecule has 0 aromatic carbocycles. The van der Waals surface area contributed by atoms with E-state index < -0.39 is 6.10 Å². The van der Waals surface area contributed by atoms with Gasteiger partial charge >= 0.3 is 0 Å². The summed E-state index contributed by atoms with van der Waals surface area (Å²) < 4.78 is 0. The molecule has 4 heteroatoms. The lowest BCUT2D eigenvalue weighted by atomic mass is 10.1. The zero-order valence-corrected chi connectivity index (χ0v) is 11.3. The summed E-state index contributed by atoms with van der Waals surface area (Å²) >= 11 is 0. The van der Waals surface area contributed by atoms with E-state index in [1.54, 1.807) is 13.1 Å². The molecule has 2 heterocycles. The van der Waals surface area contributed by atoms with E-state index in [0.29, 0.717) is 0 Å². The highest BCUT2D eigenvalue weighted by atomic mass is 16.3. The summed E-state index contributed by atoms with van der Waals surface area (Å²) in [7, 11) is 0. The quantitative estimate of drug-likeness (QED) is 0.881. The van der Waals surface area contributed by atoms with Gasteiger partial charge in [-0.05, 0) is 37.6 Å². The molecular formula is C14H23N3O. The standard InChI is InChI=1S/C14H23N3O/c1-3-6-16-7-9-17(10-8-16)14-11-13(12(2)18)4-5-15-14/h4-5,11-12,18H,3,6-10H2,1-2H3/t12-/m1/s1. The van der Waals surface area contributed by atoms with Gasteiger partial charge in [-0.25, -0.2) is 4.98 Å². The first kappa shape index (κ1) is 13.3. The Bertz CT molecular complexity index is 373. The van der Waals surface area contributed by atoms with Gasteiger partial charge < -0.3 is 10.0 Å². The van der Waals surface area contributed by atoms with Crippen molar-refractivity contribution in [1.82, 2.24) is 9.88 Å². The monoisotopic (exact) mass is 249 g/mol. The van der Waals surface area contributed by atoms with Crippen LogP contribution in [0.15, 0.2) is 18.3 Å².